The van der Waals surface area contributed by atoms with Gasteiger partial charge in [-0.1, -0.05) is 18.2 Å². The van der Waals surface area contributed by atoms with Gasteiger partial charge < -0.3 is 15.2 Å². The van der Waals surface area contributed by atoms with E-state index in [0.29, 0.717) is 11.9 Å². The summed E-state index contributed by atoms with van der Waals surface area (Å²) < 4.78 is 13.6. The third kappa shape index (κ3) is 3.31. The Morgan fingerprint density at radius 1 is 0.968 bits per heavy atom. The highest BCUT2D eigenvalue weighted by atomic mass is 16.6. The maximum atomic E-state index is 6.27. The highest BCUT2D eigenvalue weighted by Gasteiger charge is 2.47. The number of epoxide rings is 1. The first-order valence-corrected chi connectivity index (χ1v) is 10.7. The van der Waals surface area contributed by atoms with Gasteiger partial charge in [0.2, 0.25) is 0 Å². The van der Waals surface area contributed by atoms with Crippen LogP contribution in [-0.4, -0.2) is 32.0 Å². The van der Waals surface area contributed by atoms with Crippen LogP contribution in [0, 0.1) is 0 Å². The molecule has 2 aliphatic rings. The predicted molar refractivity (Wildman–Crippen MR) is 118 cm³/mol. The highest BCUT2D eigenvalue weighted by molar-refractivity contribution is 5.98. The molecule has 1 saturated heterocycles. The van der Waals surface area contributed by atoms with Crippen molar-refractivity contribution in [3.05, 3.63) is 60.9 Å². The topological polar surface area (TPSA) is 91.4 Å². The lowest BCUT2D eigenvalue weighted by molar-refractivity contribution is 0.196. The van der Waals surface area contributed by atoms with Crippen LogP contribution in [0.2, 0.25) is 0 Å². The van der Waals surface area contributed by atoms with Crippen molar-refractivity contribution in [2.24, 2.45) is 0 Å². The molecule has 2 aromatic carbocycles. The Kier molecular flexibility index (Phi) is 4.17. The molecule has 31 heavy (non-hydrogen) atoms. The number of hydrogen-bond donors (Lipinski definition) is 1. The number of benzene rings is 2. The van der Waals surface area contributed by atoms with Gasteiger partial charge in [0.15, 0.2) is 5.65 Å². The quantitative estimate of drug-likeness (QED) is 0.485. The predicted octanol–water partition coefficient (Wildman–Crippen LogP) is 4.75. The van der Waals surface area contributed by atoms with Gasteiger partial charge in [0.05, 0.1) is 23.6 Å². The smallest absolute Gasteiger partial charge is 0.164 e. The normalized spacial score (nSPS) is 22.6. The third-order valence-electron chi connectivity index (χ3n) is 6.39. The molecule has 0 atom stereocenters. The number of fused-ring (bicyclic) bond motifs is 1. The van der Waals surface area contributed by atoms with Crippen LogP contribution in [-0.2, 0) is 4.74 Å². The van der Waals surface area contributed by atoms with Crippen LogP contribution >= 0.6 is 0 Å². The van der Waals surface area contributed by atoms with E-state index in [1.165, 1.54) is 6.33 Å². The number of aromatic nitrogens is 4. The van der Waals surface area contributed by atoms with Crippen LogP contribution < -0.4 is 10.5 Å². The molecule has 3 heterocycles. The fraction of sp³-hybridized carbons (Fsp3) is 0.292. The second-order valence-electron chi connectivity index (χ2n) is 8.39. The second-order valence-corrected chi connectivity index (χ2v) is 8.39. The van der Waals surface area contributed by atoms with E-state index < -0.39 is 0 Å². The van der Waals surface area contributed by atoms with Crippen LogP contribution in [0.15, 0.2) is 60.9 Å². The number of nitrogen functional groups attached to an aromatic ring is 1. The molecule has 0 unspecified atom stereocenters. The van der Waals surface area contributed by atoms with Crippen LogP contribution in [0.5, 0.6) is 11.5 Å². The van der Waals surface area contributed by atoms with Gasteiger partial charge in [-0.3, -0.25) is 0 Å². The molecular formula is C24H23N5O2. The standard InChI is InChI=1S/C24H23N5O2/c25-22-20-21(16-6-8-19(9-7-16)31-18-4-2-1-3-5-18)28-29(23(20)27-15-26-22)17-10-12-24(13-11-17)14-30-24/h1-9,15,17H,10-14H2,(H2,25,26,27). The molecule has 2 aromatic heterocycles. The van der Waals surface area contributed by atoms with Gasteiger partial charge in [0.1, 0.15) is 29.3 Å². The maximum Gasteiger partial charge on any atom is 0.164 e. The van der Waals surface area contributed by atoms with Crippen LogP contribution in [0.25, 0.3) is 22.3 Å². The van der Waals surface area contributed by atoms with Crippen molar-refractivity contribution in [1.29, 1.82) is 0 Å². The minimum absolute atomic E-state index is 0.144. The van der Waals surface area contributed by atoms with Crippen LogP contribution in [0.4, 0.5) is 5.82 Å². The Morgan fingerprint density at radius 3 is 2.39 bits per heavy atom. The summed E-state index contributed by atoms with van der Waals surface area (Å²) in [7, 11) is 0. The van der Waals surface area contributed by atoms with Crippen LogP contribution in [0.3, 0.4) is 0 Å². The second kappa shape index (κ2) is 7.06. The first-order chi connectivity index (χ1) is 15.2. The number of rotatable bonds is 4. The summed E-state index contributed by atoms with van der Waals surface area (Å²) in [6.45, 7) is 0.900. The maximum absolute atomic E-state index is 6.27. The Morgan fingerprint density at radius 2 is 1.68 bits per heavy atom. The minimum atomic E-state index is 0.144. The molecule has 7 heteroatoms. The molecule has 1 aliphatic heterocycles. The van der Waals surface area contributed by atoms with Crippen molar-refractivity contribution < 1.29 is 9.47 Å². The molecule has 6 rings (SSSR count). The number of nitrogens with zero attached hydrogens (tertiary/aromatic N) is 4. The third-order valence-corrected chi connectivity index (χ3v) is 6.39. The zero-order valence-electron chi connectivity index (χ0n) is 17.1. The van der Waals surface area contributed by atoms with Crippen molar-refractivity contribution in [3.63, 3.8) is 0 Å². The van der Waals surface area contributed by atoms with E-state index in [1.807, 2.05) is 59.3 Å². The van der Waals surface area contributed by atoms with Gasteiger partial charge in [-0.05, 0) is 62.1 Å². The van der Waals surface area contributed by atoms with Crippen molar-refractivity contribution in [1.82, 2.24) is 19.7 Å². The molecule has 2 N–H and O–H groups in total. The van der Waals surface area contributed by atoms with Gasteiger partial charge in [-0.25, -0.2) is 14.6 Å². The number of para-hydroxylation sites is 1. The summed E-state index contributed by atoms with van der Waals surface area (Å²) in [4.78, 5) is 8.77. The lowest BCUT2D eigenvalue weighted by Crippen LogP contribution is -2.24. The Labute approximate surface area is 179 Å². The zero-order valence-corrected chi connectivity index (χ0v) is 17.1. The highest BCUT2D eigenvalue weighted by Crippen LogP contribution is 2.46. The van der Waals surface area contributed by atoms with E-state index in [0.717, 1.165) is 66.1 Å². The number of ether oxygens (including phenoxy) is 2. The molecule has 0 amide bonds. The van der Waals surface area contributed by atoms with Crippen molar-refractivity contribution in [2.75, 3.05) is 12.3 Å². The lowest BCUT2D eigenvalue weighted by Gasteiger charge is -2.26. The molecule has 0 bridgehead atoms. The molecular weight excluding hydrogens is 390 g/mol. The molecule has 7 nitrogen and oxygen atoms in total. The number of nitrogens with two attached hydrogens (primary N) is 1. The van der Waals surface area contributed by atoms with Gasteiger partial charge in [-0.15, -0.1) is 0 Å². The summed E-state index contributed by atoms with van der Waals surface area (Å²) in [6, 6.07) is 17.9. The molecule has 1 aliphatic carbocycles. The SMILES string of the molecule is Nc1ncnc2c1c(-c1ccc(Oc3ccccc3)cc1)nn2C1CCC2(CC1)CO2. The molecule has 2 fully saturated rings. The largest absolute Gasteiger partial charge is 0.457 e. The van der Waals surface area contributed by atoms with Gasteiger partial charge in [-0.2, -0.15) is 5.10 Å². The van der Waals surface area contributed by atoms with E-state index in [2.05, 4.69) is 9.97 Å². The van der Waals surface area contributed by atoms with E-state index in [4.69, 9.17) is 20.3 Å². The first kappa shape index (κ1) is 18.3. The minimum Gasteiger partial charge on any atom is -0.457 e. The summed E-state index contributed by atoms with van der Waals surface area (Å²) >= 11 is 0. The molecule has 0 radical (unpaired) electrons. The molecule has 1 spiro atoms. The monoisotopic (exact) mass is 413 g/mol. The number of hydrogen-bond acceptors (Lipinski definition) is 6. The van der Waals surface area contributed by atoms with Gasteiger partial charge in [0, 0.05) is 5.56 Å². The Bertz CT molecular complexity index is 1220. The molecule has 1 saturated carbocycles. The van der Waals surface area contributed by atoms with Crippen LogP contribution in [0.1, 0.15) is 31.7 Å². The summed E-state index contributed by atoms with van der Waals surface area (Å²) in [5.41, 5.74) is 8.98. The Hall–Kier alpha value is -3.45. The van der Waals surface area contributed by atoms with Crippen molar-refractivity contribution in [2.45, 2.75) is 37.3 Å². The number of anilines is 1. The molecule has 4 aromatic rings. The Balaban J connectivity index is 1.34. The van der Waals surface area contributed by atoms with Crippen molar-refractivity contribution >= 4 is 16.9 Å². The first-order valence-electron chi connectivity index (χ1n) is 10.7. The fourth-order valence-corrected chi connectivity index (χ4v) is 4.52. The summed E-state index contributed by atoms with van der Waals surface area (Å²) in [5.74, 6) is 2.02. The molecule has 156 valence electrons. The average molecular weight is 413 g/mol. The summed E-state index contributed by atoms with van der Waals surface area (Å²) in [5, 5.41) is 5.79. The van der Waals surface area contributed by atoms with E-state index in [9.17, 15) is 0 Å². The zero-order chi connectivity index (χ0) is 20.8. The fourth-order valence-electron chi connectivity index (χ4n) is 4.52. The lowest BCUT2D eigenvalue weighted by atomic mass is 9.86. The average Bonchev–Trinajstić information content (AvgIpc) is 3.44. The van der Waals surface area contributed by atoms with Crippen molar-refractivity contribution in [3.8, 4) is 22.8 Å². The van der Waals surface area contributed by atoms with E-state index in [-0.39, 0.29) is 5.60 Å². The van der Waals surface area contributed by atoms with E-state index in [1.54, 1.807) is 0 Å². The summed E-state index contributed by atoms with van der Waals surface area (Å²) in [6.07, 6.45) is 5.72. The van der Waals surface area contributed by atoms with Gasteiger partial charge in [0.25, 0.3) is 0 Å². The van der Waals surface area contributed by atoms with E-state index >= 15 is 0 Å². The van der Waals surface area contributed by atoms with Gasteiger partial charge >= 0.3 is 0 Å².